The van der Waals surface area contributed by atoms with Gasteiger partial charge in [-0.2, -0.15) is 0 Å². The molecule has 2 aromatic heterocycles. The lowest BCUT2D eigenvalue weighted by Crippen LogP contribution is -2.32. The fraction of sp³-hybridized carbons (Fsp3) is 0.571. The Morgan fingerprint density at radius 3 is 1.63 bits per heavy atom. The molecule has 0 fully saturated rings. The van der Waals surface area contributed by atoms with Crippen LogP contribution in [0.1, 0.15) is 11.6 Å². The van der Waals surface area contributed by atoms with Gasteiger partial charge in [-0.25, -0.2) is 19.1 Å². The third kappa shape index (κ3) is 4.93. The summed E-state index contributed by atoms with van der Waals surface area (Å²) in [5.74, 6) is 0.651. The molecule has 2 aromatic rings. The summed E-state index contributed by atoms with van der Waals surface area (Å²) in [7, 11) is 0. The Kier molecular flexibility index (Phi) is 7.11. The van der Waals surface area contributed by atoms with Crippen molar-refractivity contribution in [3.63, 3.8) is 0 Å². The van der Waals surface area contributed by atoms with E-state index in [0.717, 1.165) is 12.4 Å². The molecule has 27 heavy (non-hydrogen) atoms. The van der Waals surface area contributed by atoms with Crippen LogP contribution in [0.15, 0.2) is 12.4 Å². The predicted molar refractivity (Wildman–Crippen MR) is 97.3 cm³/mol. The minimum atomic E-state index is -0.607. The minimum absolute atomic E-state index is 0.0488. The van der Waals surface area contributed by atoms with Crippen LogP contribution in [0.2, 0.25) is 0 Å². The average molecular weight is 421 g/mol. The van der Waals surface area contributed by atoms with Crippen molar-refractivity contribution in [1.29, 1.82) is 0 Å². The quantitative estimate of drug-likeness (QED) is 0.327. The van der Waals surface area contributed by atoms with Gasteiger partial charge in [-0.1, -0.05) is 0 Å². The molecule has 0 radical (unpaired) electrons. The van der Waals surface area contributed by atoms with Gasteiger partial charge in [0.25, 0.3) is 0 Å². The summed E-state index contributed by atoms with van der Waals surface area (Å²) in [6.07, 6.45) is 1.12. The van der Waals surface area contributed by atoms with Crippen molar-refractivity contribution in [3.05, 3.63) is 44.3 Å². The van der Waals surface area contributed by atoms with Gasteiger partial charge in [-0.15, -0.1) is 23.2 Å². The second kappa shape index (κ2) is 9.11. The fourth-order valence-electron chi connectivity index (χ4n) is 2.59. The molecule has 0 saturated heterocycles. The lowest BCUT2D eigenvalue weighted by Gasteiger charge is -2.21. The number of nitrogens with zero attached hydrogens (tertiary/aromatic N) is 6. The number of alkyl halides is 2. The lowest BCUT2D eigenvalue weighted by molar-refractivity contribution is -0.392. The van der Waals surface area contributed by atoms with Gasteiger partial charge in [0.05, 0.1) is 11.8 Å². The Morgan fingerprint density at radius 2 is 1.33 bits per heavy atom. The molecule has 0 amide bonds. The van der Waals surface area contributed by atoms with Gasteiger partial charge in [0.1, 0.15) is 37.7 Å². The average Bonchev–Trinajstić information content (AvgIpc) is 3.16. The van der Waals surface area contributed by atoms with Crippen molar-refractivity contribution in [3.8, 4) is 0 Å². The second-order valence-corrected chi connectivity index (χ2v) is 6.37. The summed E-state index contributed by atoms with van der Waals surface area (Å²) in [5, 5.41) is 22.2. The number of halogens is 2. The van der Waals surface area contributed by atoms with E-state index in [1.54, 1.807) is 13.8 Å². The molecule has 2 rings (SSSR count). The van der Waals surface area contributed by atoms with Crippen LogP contribution in [0, 0.1) is 34.1 Å². The summed E-state index contributed by atoms with van der Waals surface area (Å²) in [6.45, 7) is 3.47. The van der Waals surface area contributed by atoms with Crippen LogP contribution in [0.4, 0.5) is 11.6 Å². The zero-order chi connectivity index (χ0) is 20.1. The maximum atomic E-state index is 11.1. The first kappa shape index (κ1) is 21.1. The van der Waals surface area contributed by atoms with Gasteiger partial charge in [-0.3, -0.25) is 0 Å². The molecule has 11 nitrogen and oxygen atoms in total. The number of hydrogen-bond acceptors (Lipinski definition) is 7. The maximum Gasteiger partial charge on any atom is 0.342 e. The normalized spacial score (nSPS) is 13.5. The van der Waals surface area contributed by atoms with E-state index in [1.807, 2.05) is 0 Å². The van der Waals surface area contributed by atoms with Crippen molar-refractivity contribution in [1.82, 2.24) is 19.1 Å². The molecular formula is C14H18Cl2N6O5. The van der Waals surface area contributed by atoms with E-state index in [1.165, 1.54) is 9.13 Å². The monoisotopic (exact) mass is 420 g/mol. The summed E-state index contributed by atoms with van der Waals surface area (Å²) in [5.41, 5.74) is 0. The first-order chi connectivity index (χ1) is 12.8. The van der Waals surface area contributed by atoms with Gasteiger partial charge < -0.3 is 25.0 Å². The van der Waals surface area contributed by atoms with Crippen molar-refractivity contribution in [2.24, 2.45) is 0 Å². The number of aryl methyl sites for hydroxylation is 2. The Morgan fingerprint density at radius 1 is 0.963 bits per heavy atom. The maximum absolute atomic E-state index is 11.1. The number of nitro groups is 2. The van der Waals surface area contributed by atoms with Crippen LogP contribution in [0.5, 0.6) is 0 Å². The van der Waals surface area contributed by atoms with Crippen molar-refractivity contribution in [2.45, 2.75) is 39.1 Å². The SMILES string of the molecule is Cc1ncc([N+](=O)[O-])n1CC(CCl)OC(CCl)Cn1c([N+](=O)[O-])cnc1C. The van der Waals surface area contributed by atoms with E-state index in [0.29, 0.717) is 11.6 Å². The first-order valence-electron chi connectivity index (χ1n) is 7.88. The van der Waals surface area contributed by atoms with Gasteiger partial charge >= 0.3 is 11.6 Å². The van der Waals surface area contributed by atoms with Crippen molar-refractivity contribution in [2.75, 3.05) is 11.8 Å². The number of rotatable bonds is 10. The highest BCUT2D eigenvalue weighted by molar-refractivity contribution is 6.18. The third-order valence-corrected chi connectivity index (χ3v) is 4.63. The molecular weight excluding hydrogens is 403 g/mol. The Hall–Kier alpha value is -2.24. The summed E-state index contributed by atoms with van der Waals surface area (Å²) in [4.78, 5) is 29.0. The standard InChI is InChI=1S/C14H18Cl2N6O5/c1-9-17-5-13(21(23)24)19(9)7-11(3-15)27-12(4-16)8-20-10(2)18-6-14(20)22(25)26/h5-6,11-12H,3-4,7-8H2,1-2H3. The van der Waals surface area contributed by atoms with Gasteiger partial charge in [-0.05, 0) is 9.85 Å². The van der Waals surface area contributed by atoms with E-state index in [-0.39, 0.29) is 36.5 Å². The molecule has 0 aliphatic heterocycles. The molecule has 2 heterocycles. The van der Waals surface area contributed by atoms with E-state index in [4.69, 9.17) is 27.9 Å². The van der Waals surface area contributed by atoms with Gasteiger partial charge in [0.15, 0.2) is 11.6 Å². The number of imidazole rings is 2. The van der Waals surface area contributed by atoms with Crippen LogP contribution >= 0.6 is 23.2 Å². The molecule has 2 atom stereocenters. The van der Waals surface area contributed by atoms with Crippen LogP contribution in [-0.4, -0.2) is 52.9 Å². The molecule has 0 aliphatic carbocycles. The predicted octanol–water partition coefficient (Wildman–Crippen LogP) is 2.44. The number of hydrogen-bond donors (Lipinski definition) is 0. The molecule has 13 heteroatoms. The van der Waals surface area contributed by atoms with Gasteiger partial charge in [0, 0.05) is 13.8 Å². The summed E-state index contributed by atoms with van der Waals surface area (Å²) >= 11 is 11.9. The molecule has 2 unspecified atom stereocenters. The van der Waals surface area contributed by atoms with E-state index >= 15 is 0 Å². The molecule has 0 saturated carbocycles. The summed E-state index contributed by atoms with van der Waals surface area (Å²) in [6, 6.07) is 0. The highest BCUT2D eigenvalue weighted by atomic mass is 35.5. The van der Waals surface area contributed by atoms with Gasteiger partial charge in [0.2, 0.25) is 0 Å². The van der Waals surface area contributed by atoms with Crippen molar-refractivity contribution < 1.29 is 14.6 Å². The zero-order valence-electron chi connectivity index (χ0n) is 14.6. The molecule has 148 valence electrons. The lowest BCUT2D eigenvalue weighted by atomic mass is 10.3. The highest BCUT2D eigenvalue weighted by Gasteiger charge is 2.27. The molecule has 0 aromatic carbocycles. The number of ether oxygens (including phenoxy) is 1. The third-order valence-electron chi connectivity index (χ3n) is 3.94. The van der Waals surface area contributed by atoms with E-state index in [9.17, 15) is 20.2 Å². The summed E-state index contributed by atoms with van der Waals surface area (Å²) < 4.78 is 8.65. The van der Waals surface area contributed by atoms with Crippen molar-refractivity contribution >= 4 is 34.8 Å². The molecule has 0 N–H and O–H groups in total. The topological polar surface area (TPSA) is 131 Å². The molecule has 0 bridgehead atoms. The minimum Gasteiger partial charge on any atom is -0.364 e. The smallest absolute Gasteiger partial charge is 0.342 e. The number of aromatic nitrogens is 4. The molecule has 0 spiro atoms. The van der Waals surface area contributed by atoms with Crippen LogP contribution in [0.25, 0.3) is 0 Å². The largest absolute Gasteiger partial charge is 0.364 e. The highest BCUT2D eigenvalue weighted by Crippen LogP contribution is 2.19. The molecule has 0 aliphatic rings. The Bertz CT molecular complexity index is 757. The second-order valence-electron chi connectivity index (χ2n) is 5.75. The van der Waals surface area contributed by atoms with Crippen LogP contribution in [0.3, 0.4) is 0 Å². The zero-order valence-corrected chi connectivity index (χ0v) is 16.1. The van der Waals surface area contributed by atoms with Crippen LogP contribution in [-0.2, 0) is 17.8 Å². The first-order valence-corrected chi connectivity index (χ1v) is 8.95. The Labute approximate surface area is 164 Å². The van der Waals surface area contributed by atoms with Crippen LogP contribution < -0.4 is 0 Å². The van der Waals surface area contributed by atoms with E-state index in [2.05, 4.69) is 9.97 Å². The fourth-order valence-corrected chi connectivity index (χ4v) is 2.93. The van der Waals surface area contributed by atoms with E-state index < -0.39 is 22.1 Å². The Balaban J connectivity index is 2.15.